The molecule has 1 atom stereocenters. The molecule has 0 saturated carbocycles. The van der Waals surface area contributed by atoms with Crippen molar-refractivity contribution in [3.8, 4) is 11.6 Å². The average molecular weight is 490 g/mol. The van der Waals surface area contributed by atoms with Gasteiger partial charge >= 0.3 is 0 Å². The van der Waals surface area contributed by atoms with Crippen molar-refractivity contribution in [3.63, 3.8) is 0 Å². The molecule has 1 aliphatic heterocycles. The maximum atomic E-state index is 5.96. The molecule has 1 aliphatic rings. The monoisotopic (exact) mass is 490 g/mol. The number of guanidine groups is 1. The summed E-state index contributed by atoms with van der Waals surface area (Å²) >= 11 is 0. The predicted octanol–water partition coefficient (Wildman–Crippen LogP) is 2.55. The number of para-hydroxylation sites is 1. The van der Waals surface area contributed by atoms with Crippen LogP contribution in [0.4, 0.5) is 0 Å². The molecule has 0 fully saturated rings. The summed E-state index contributed by atoms with van der Waals surface area (Å²) in [4.78, 5) is 8.64. The molecule has 3 aromatic rings. The van der Waals surface area contributed by atoms with E-state index in [-0.39, 0.29) is 30.1 Å². The molecule has 0 radical (unpaired) electrons. The van der Waals surface area contributed by atoms with Crippen molar-refractivity contribution in [3.05, 3.63) is 72.2 Å². The fourth-order valence-electron chi connectivity index (χ4n) is 3.08. The Morgan fingerprint density at radius 1 is 1.21 bits per heavy atom. The van der Waals surface area contributed by atoms with Gasteiger partial charge in [-0.25, -0.2) is 9.67 Å². The van der Waals surface area contributed by atoms with Crippen LogP contribution < -0.4 is 15.4 Å². The van der Waals surface area contributed by atoms with Gasteiger partial charge in [0.2, 0.25) is 0 Å². The lowest BCUT2D eigenvalue weighted by molar-refractivity contribution is 0.235. The summed E-state index contributed by atoms with van der Waals surface area (Å²) in [6.07, 6.45) is 6.43. The predicted molar refractivity (Wildman–Crippen MR) is 120 cm³/mol. The van der Waals surface area contributed by atoms with Crippen LogP contribution in [-0.2, 0) is 13.0 Å². The van der Waals surface area contributed by atoms with Gasteiger partial charge in [0.25, 0.3) is 0 Å². The molecule has 0 amide bonds. The number of nitrogens with zero attached hydrogens (tertiary/aromatic N) is 4. The highest BCUT2D eigenvalue weighted by Gasteiger charge is 2.22. The molecule has 1 unspecified atom stereocenters. The fourth-order valence-corrected chi connectivity index (χ4v) is 3.08. The molecule has 0 bridgehead atoms. The standard InChI is InChI=1S/C20H22N6O.HI/c1-21-20(24-14-17-12-16-5-2-3-6-18(16)27-17)23-13-15-7-9-22-19(11-15)26-10-4-8-25-26;/h2-11,17H,12-14H2,1H3,(H2,21,23,24);1H. The highest BCUT2D eigenvalue weighted by molar-refractivity contribution is 14.0. The van der Waals surface area contributed by atoms with E-state index in [1.807, 2.05) is 42.6 Å². The van der Waals surface area contributed by atoms with Gasteiger partial charge in [0.1, 0.15) is 11.9 Å². The van der Waals surface area contributed by atoms with Crippen molar-refractivity contribution in [2.24, 2.45) is 4.99 Å². The molecule has 4 rings (SSSR count). The molecule has 2 N–H and O–H groups in total. The second-order valence-corrected chi connectivity index (χ2v) is 6.33. The van der Waals surface area contributed by atoms with E-state index in [0.717, 1.165) is 29.5 Å². The molecule has 2 aromatic heterocycles. The number of aromatic nitrogens is 3. The molecule has 7 nitrogen and oxygen atoms in total. The van der Waals surface area contributed by atoms with Gasteiger partial charge in [-0.1, -0.05) is 18.2 Å². The lowest BCUT2D eigenvalue weighted by atomic mass is 10.1. The van der Waals surface area contributed by atoms with Crippen LogP contribution in [0.1, 0.15) is 11.1 Å². The maximum absolute atomic E-state index is 5.96. The minimum atomic E-state index is 0. The van der Waals surface area contributed by atoms with Crippen LogP contribution in [0.5, 0.6) is 5.75 Å². The topological polar surface area (TPSA) is 76.4 Å². The van der Waals surface area contributed by atoms with Crippen LogP contribution in [0, 0.1) is 0 Å². The second kappa shape index (κ2) is 9.54. The zero-order valence-corrected chi connectivity index (χ0v) is 17.9. The van der Waals surface area contributed by atoms with Gasteiger partial charge < -0.3 is 15.4 Å². The van der Waals surface area contributed by atoms with Gasteiger partial charge in [-0.05, 0) is 35.4 Å². The lowest BCUT2D eigenvalue weighted by Crippen LogP contribution is -2.41. The second-order valence-electron chi connectivity index (χ2n) is 6.33. The number of hydrogen-bond acceptors (Lipinski definition) is 4. The van der Waals surface area contributed by atoms with Gasteiger partial charge in [0.05, 0.1) is 6.54 Å². The van der Waals surface area contributed by atoms with Gasteiger partial charge in [-0.15, -0.1) is 24.0 Å². The highest BCUT2D eigenvalue weighted by atomic mass is 127. The lowest BCUT2D eigenvalue weighted by Gasteiger charge is -2.15. The summed E-state index contributed by atoms with van der Waals surface area (Å²) in [5.74, 6) is 2.52. The summed E-state index contributed by atoms with van der Waals surface area (Å²) < 4.78 is 7.70. The fraction of sp³-hybridized carbons (Fsp3) is 0.250. The Morgan fingerprint density at radius 3 is 2.89 bits per heavy atom. The minimum Gasteiger partial charge on any atom is -0.488 e. The smallest absolute Gasteiger partial charge is 0.191 e. The van der Waals surface area contributed by atoms with E-state index in [9.17, 15) is 0 Å². The Morgan fingerprint density at radius 2 is 2.11 bits per heavy atom. The van der Waals surface area contributed by atoms with Crippen molar-refractivity contribution < 1.29 is 4.74 Å². The van der Waals surface area contributed by atoms with Crippen molar-refractivity contribution in [2.45, 2.75) is 19.1 Å². The van der Waals surface area contributed by atoms with Crippen molar-refractivity contribution in [1.29, 1.82) is 0 Å². The van der Waals surface area contributed by atoms with Crippen molar-refractivity contribution in [2.75, 3.05) is 13.6 Å². The molecule has 146 valence electrons. The first-order valence-corrected chi connectivity index (χ1v) is 8.96. The van der Waals surface area contributed by atoms with E-state index < -0.39 is 0 Å². The molecule has 28 heavy (non-hydrogen) atoms. The number of aliphatic imine (C=N–C) groups is 1. The maximum Gasteiger partial charge on any atom is 0.191 e. The van der Waals surface area contributed by atoms with E-state index in [2.05, 4.69) is 31.8 Å². The van der Waals surface area contributed by atoms with Gasteiger partial charge in [-0.2, -0.15) is 5.10 Å². The molecule has 0 aliphatic carbocycles. The number of pyridine rings is 1. The Kier molecular flexibility index (Phi) is 6.85. The first-order chi connectivity index (χ1) is 13.3. The zero-order chi connectivity index (χ0) is 18.5. The first-order valence-electron chi connectivity index (χ1n) is 8.96. The Labute approximate surface area is 181 Å². The summed E-state index contributed by atoms with van der Waals surface area (Å²) in [6.45, 7) is 1.34. The summed E-state index contributed by atoms with van der Waals surface area (Å²) in [5.41, 5.74) is 2.36. The van der Waals surface area contributed by atoms with Crippen molar-refractivity contribution >= 4 is 29.9 Å². The average Bonchev–Trinajstić information content (AvgIpc) is 3.38. The largest absolute Gasteiger partial charge is 0.488 e. The quantitative estimate of drug-likeness (QED) is 0.327. The van der Waals surface area contributed by atoms with Crippen LogP contribution in [0.25, 0.3) is 5.82 Å². The third-order valence-electron chi connectivity index (χ3n) is 4.44. The molecule has 1 aromatic carbocycles. The normalized spacial score (nSPS) is 15.3. The van der Waals surface area contributed by atoms with Crippen molar-refractivity contribution in [1.82, 2.24) is 25.4 Å². The van der Waals surface area contributed by atoms with Gasteiger partial charge in [-0.3, -0.25) is 4.99 Å². The van der Waals surface area contributed by atoms with E-state index in [1.165, 1.54) is 5.56 Å². The van der Waals surface area contributed by atoms with Crippen LogP contribution in [0.2, 0.25) is 0 Å². The van der Waals surface area contributed by atoms with Crippen LogP contribution in [0.15, 0.2) is 66.0 Å². The summed E-state index contributed by atoms with van der Waals surface area (Å²) in [7, 11) is 1.77. The molecular weight excluding hydrogens is 467 g/mol. The SMILES string of the molecule is CN=C(NCc1ccnc(-n2cccn2)c1)NCC1Cc2ccccc2O1.I. The number of fused-ring (bicyclic) bond motifs is 1. The van der Waals surface area contributed by atoms with Crippen LogP contribution in [0.3, 0.4) is 0 Å². The Hall–Kier alpha value is -2.62. The molecular formula is C20H23IN6O. The Balaban J connectivity index is 0.00000225. The van der Waals surface area contributed by atoms with Gasteiger partial charge in [0, 0.05) is 38.6 Å². The summed E-state index contributed by atoms with van der Waals surface area (Å²) in [5, 5.41) is 10.9. The van der Waals surface area contributed by atoms with Crippen LogP contribution >= 0.6 is 24.0 Å². The number of hydrogen-bond donors (Lipinski definition) is 2. The first kappa shape index (κ1) is 20.1. The Bertz CT molecular complexity index is 903. The van der Waals surface area contributed by atoms with E-state index in [0.29, 0.717) is 13.1 Å². The third kappa shape index (κ3) is 4.80. The third-order valence-corrected chi connectivity index (χ3v) is 4.44. The number of halogens is 1. The van der Waals surface area contributed by atoms with E-state index in [1.54, 1.807) is 24.1 Å². The molecule has 3 heterocycles. The molecule has 0 saturated heterocycles. The number of benzene rings is 1. The van der Waals surface area contributed by atoms with Gasteiger partial charge in [0.15, 0.2) is 11.8 Å². The van der Waals surface area contributed by atoms with E-state index in [4.69, 9.17) is 4.74 Å². The van der Waals surface area contributed by atoms with E-state index >= 15 is 0 Å². The highest BCUT2D eigenvalue weighted by Crippen LogP contribution is 2.27. The number of nitrogens with one attached hydrogen (secondary N) is 2. The molecule has 8 heteroatoms. The number of ether oxygens (including phenoxy) is 1. The zero-order valence-electron chi connectivity index (χ0n) is 15.6. The minimum absolute atomic E-state index is 0. The van der Waals surface area contributed by atoms with Crippen LogP contribution in [-0.4, -0.2) is 40.4 Å². The summed E-state index contributed by atoms with van der Waals surface area (Å²) in [6, 6.07) is 14.0. The number of rotatable bonds is 5. The molecule has 0 spiro atoms.